The number of amides is 2. The fourth-order valence-corrected chi connectivity index (χ4v) is 4.67. The summed E-state index contributed by atoms with van der Waals surface area (Å²) in [6.45, 7) is 10.3. The number of carbonyl (C=O) groups is 2. The highest BCUT2D eigenvalue weighted by atomic mass is 32.1. The minimum absolute atomic E-state index is 0.0880. The maximum atomic E-state index is 13.2. The van der Waals surface area contributed by atoms with Gasteiger partial charge in [0.2, 0.25) is 0 Å². The topological polar surface area (TPSA) is 71.6 Å². The molecule has 3 rings (SSSR count). The summed E-state index contributed by atoms with van der Waals surface area (Å²) in [6, 6.07) is 3.54. The van der Waals surface area contributed by atoms with Crippen molar-refractivity contribution >= 4 is 28.1 Å². The first-order chi connectivity index (χ1) is 15.2. The van der Waals surface area contributed by atoms with Gasteiger partial charge in [0.15, 0.2) is 4.96 Å². The van der Waals surface area contributed by atoms with Crippen molar-refractivity contribution in [2.45, 2.75) is 39.7 Å². The van der Waals surface area contributed by atoms with Crippen LogP contribution >= 0.6 is 11.3 Å². The highest BCUT2D eigenvalue weighted by Crippen LogP contribution is 2.23. The number of nitrogens with zero attached hydrogens (tertiary/aromatic N) is 4. The van der Waals surface area contributed by atoms with E-state index in [1.54, 1.807) is 40.0 Å². The van der Waals surface area contributed by atoms with Crippen molar-refractivity contribution in [3.63, 3.8) is 0 Å². The highest BCUT2D eigenvalue weighted by molar-refractivity contribution is 7.17. The lowest BCUT2D eigenvalue weighted by Gasteiger charge is -2.28. The molecule has 0 bridgehead atoms. The average Bonchev–Trinajstić information content (AvgIpc) is 3.43. The second kappa shape index (κ2) is 9.99. The second-order valence-electron chi connectivity index (χ2n) is 8.09. The van der Waals surface area contributed by atoms with Gasteiger partial charge >= 0.3 is 0 Å². The first-order valence-electron chi connectivity index (χ1n) is 10.6. The summed E-state index contributed by atoms with van der Waals surface area (Å²) in [5.41, 5.74) is 3.27. The molecule has 1 unspecified atom stereocenters. The molecule has 1 N–H and O–H groups in total. The maximum Gasteiger partial charge on any atom is 0.274 e. The van der Waals surface area contributed by atoms with Crippen LogP contribution in [0.25, 0.3) is 4.96 Å². The minimum atomic E-state index is -0.122. The molecular weight excluding hydrogens is 422 g/mol. The van der Waals surface area contributed by atoms with Gasteiger partial charge in [0, 0.05) is 49.6 Å². The van der Waals surface area contributed by atoms with Crippen molar-refractivity contribution in [3.05, 3.63) is 70.8 Å². The maximum absolute atomic E-state index is 13.2. The van der Waals surface area contributed by atoms with Crippen LogP contribution in [0.15, 0.2) is 48.8 Å². The second-order valence-corrected chi connectivity index (χ2v) is 9.28. The molecule has 3 aromatic heterocycles. The first-order valence-corrected chi connectivity index (χ1v) is 11.4. The molecule has 8 heteroatoms. The third kappa shape index (κ3) is 5.02. The zero-order valence-corrected chi connectivity index (χ0v) is 20.2. The third-order valence-corrected chi connectivity index (χ3v) is 6.85. The van der Waals surface area contributed by atoms with Gasteiger partial charge < -0.3 is 14.8 Å². The van der Waals surface area contributed by atoms with Crippen molar-refractivity contribution in [3.8, 4) is 0 Å². The Labute approximate surface area is 193 Å². The number of fused-ring (bicyclic) bond motifs is 1. The molecule has 0 fully saturated rings. The van der Waals surface area contributed by atoms with Crippen LogP contribution in [0.1, 0.15) is 51.3 Å². The average molecular weight is 454 g/mol. The van der Waals surface area contributed by atoms with Gasteiger partial charge in [-0.15, -0.1) is 11.3 Å². The largest absolute Gasteiger partial charge is 0.351 e. The van der Waals surface area contributed by atoms with Crippen LogP contribution in [0, 0.1) is 13.8 Å². The third-order valence-electron chi connectivity index (χ3n) is 5.78. The van der Waals surface area contributed by atoms with Gasteiger partial charge in [-0.1, -0.05) is 24.3 Å². The number of allylic oxidation sites excluding steroid dienone is 2. The molecule has 0 aromatic carbocycles. The van der Waals surface area contributed by atoms with Crippen LogP contribution < -0.4 is 5.32 Å². The van der Waals surface area contributed by atoms with E-state index in [4.69, 9.17) is 0 Å². The van der Waals surface area contributed by atoms with Crippen LogP contribution in [0.5, 0.6) is 0 Å². The lowest BCUT2D eigenvalue weighted by molar-refractivity contribution is 0.0717. The van der Waals surface area contributed by atoms with E-state index in [-0.39, 0.29) is 17.9 Å². The summed E-state index contributed by atoms with van der Waals surface area (Å²) in [7, 11) is 3.64. The monoisotopic (exact) mass is 453 g/mol. The van der Waals surface area contributed by atoms with E-state index in [0.717, 1.165) is 16.2 Å². The molecule has 0 aliphatic heterocycles. The molecule has 0 saturated heterocycles. The van der Waals surface area contributed by atoms with Gasteiger partial charge in [-0.2, -0.15) is 0 Å². The van der Waals surface area contributed by atoms with Crippen LogP contribution in [0.3, 0.4) is 0 Å². The van der Waals surface area contributed by atoms with E-state index in [9.17, 15) is 9.59 Å². The molecule has 170 valence electrons. The Kier molecular flexibility index (Phi) is 7.35. The SMILES string of the molecule is C=CC=C(C)CC(CCNC(=O)c1cccn1C)N(C)C(=O)c1cn2c(C)c(C)sc2n1. The summed E-state index contributed by atoms with van der Waals surface area (Å²) in [5, 5.41) is 2.97. The van der Waals surface area contributed by atoms with Crippen LogP contribution in [-0.4, -0.2) is 50.3 Å². The number of aromatic nitrogens is 3. The molecule has 3 heterocycles. The van der Waals surface area contributed by atoms with Gasteiger partial charge in [0.05, 0.1) is 0 Å². The normalized spacial score (nSPS) is 12.7. The molecule has 1 atom stereocenters. The van der Waals surface area contributed by atoms with E-state index in [2.05, 4.69) is 23.8 Å². The smallest absolute Gasteiger partial charge is 0.274 e. The predicted molar refractivity (Wildman–Crippen MR) is 129 cm³/mol. The van der Waals surface area contributed by atoms with Crippen molar-refractivity contribution in [2.75, 3.05) is 13.6 Å². The number of hydrogen-bond acceptors (Lipinski definition) is 4. The Morgan fingerprint density at radius 2 is 2.12 bits per heavy atom. The Bertz CT molecular complexity index is 1170. The molecule has 3 aromatic rings. The summed E-state index contributed by atoms with van der Waals surface area (Å²) in [5.74, 6) is -0.244. The number of nitrogens with one attached hydrogen (secondary N) is 1. The lowest BCUT2D eigenvalue weighted by Crippen LogP contribution is -2.40. The zero-order chi connectivity index (χ0) is 23.4. The van der Waals surface area contributed by atoms with Gasteiger partial charge in [-0.25, -0.2) is 4.98 Å². The summed E-state index contributed by atoms with van der Waals surface area (Å²) in [4.78, 5) is 34.0. The van der Waals surface area contributed by atoms with Crippen LogP contribution in [-0.2, 0) is 7.05 Å². The fourth-order valence-electron chi connectivity index (χ4n) is 3.72. The van der Waals surface area contributed by atoms with Crippen molar-refractivity contribution < 1.29 is 9.59 Å². The van der Waals surface area contributed by atoms with E-state index in [1.807, 2.05) is 49.8 Å². The van der Waals surface area contributed by atoms with Gasteiger partial charge in [-0.3, -0.25) is 14.0 Å². The van der Waals surface area contributed by atoms with E-state index in [1.165, 1.54) is 4.88 Å². The molecule has 0 radical (unpaired) electrons. The molecule has 0 saturated carbocycles. The Balaban J connectivity index is 1.73. The van der Waals surface area contributed by atoms with Crippen molar-refractivity contribution in [1.29, 1.82) is 0 Å². The molecule has 32 heavy (non-hydrogen) atoms. The minimum Gasteiger partial charge on any atom is -0.351 e. The summed E-state index contributed by atoms with van der Waals surface area (Å²) >= 11 is 1.58. The van der Waals surface area contributed by atoms with E-state index < -0.39 is 0 Å². The van der Waals surface area contributed by atoms with Crippen LogP contribution in [0.2, 0.25) is 0 Å². The van der Waals surface area contributed by atoms with Crippen molar-refractivity contribution in [2.24, 2.45) is 7.05 Å². The summed E-state index contributed by atoms with van der Waals surface area (Å²) < 4.78 is 3.76. The van der Waals surface area contributed by atoms with Gasteiger partial charge in [0.25, 0.3) is 11.8 Å². The van der Waals surface area contributed by atoms with E-state index >= 15 is 0 Å². The number of thiazole rings is 1. The van der Waals surface area contributed by atoms with Gasteiger partial charge in [0.1, 0.15) is 11.4 Å². The first kappa shape index (κ1) is 23.5. The van der Waals surface area contributed by atoms with E-state index in [0.29, 0.717) is 30.8 Å². The summed E-state index contributed by atoms with van der Waals surface area (Å²) in [6.07, 6.45) is 8.67. The number of aryl methyl sites for hydroxylation is 3. The highest BCUT2D eigenvalue weighted by Gasteiger charge is 2.24. The predicted octanol–water partition coefficient (Wildman–Crippen LogP) is 4.13. The Morgan fingerprint density at radius 1 is 1.38 bits per heavy atom. The Morgan fingerprint density at radius 3 is 2.75 bits per heavy atom. The quantitative estimate of drug-likeness (QED) is 0.495. The number of hydrogen-bond donors (Lipinski definition) is 1. The molecular formula is C24H31N5O2S. The zero-order valence-electron chi connectivity index (χ0n) is 19.4. The molecule has 2 amide bonds. The number of rotatable bonds is 9. The van der Waals surface area contributed by atoms with Crippen molar-refractivity contribution in [1.82, 2.24) is 24.2 Å². The number of imidazole rings is 1. The number of carbonyl (C=O) groups excluding carboxylic acids is 2. The molecule has 7 nitrogen and oxygen atoms in total. The molecule has 0 spiro atoms. The Hall–Kier alpha value is -3.13. The van der Waals surface area contributed by atoms with Gasteiger partial charge in [-0.05, 0) is 45.7 Å². The molecule has 0 aliphatic carbocycles. The fraction of sp³-hybridized carbons (Fsp3) is 0.375. The van der Waals surface area contributed by atoms with Crippen LogP contribution in [0.4, 0.5) is 0 Å². The molecule has 0 aliphatic rings. The lowest BCUT2D eigenvalue weighted by atomic mass is 10.0. The standard InChI is InChI=1S/C24H31N5O2S/c1-7-9-16(2)14-19(11-12-25-22(30)21-10-8-13-27(21)5)28(6)23(31)20-15-29-17(3)18(4)32-24(29)26-20/h7-10,13,15,19H,1,11-12,14H2,2-6H3,(H,25,30).